The number of thioether (sulfide) groups is 1. The van der Waals surface area contributed by atoms with E-state index >= 15 is 0 Å². The van der Waals surface area contributed by atoms with Crippen LogP contribution in [-0.4, -0.2) is 25.3 Å². The molecule has 0 radical (unpaired) electrons. The van der Waals surface area contributed by atoms with Crippen LogP contribution in [0.2, 0.25) is 0 Å². The first-order valence-corrected chi connectivity index (χ1v) is 9.01. The summed E-state index contributed by atoms with van der Waals surface area (Å²) in [6.07, 6.45) is 2.33. The maximum Gasteiger partial charge on any atom is 0.240 e. The van der Waals surface area contributed by atoms with Gasteiger partial charge in [-0.05, 0) is 30.5 Å². The predicted octanol–water partition coefficient (Wildman–Crippen LogP) is 3.95. The number of H-pyrrole nitrogens is 1. The maximum atomic E-state index is 5.31. The molecule has 0 bridgehead atoms. The third kappa shape index (κ3) is 3.26. The van der Waals surface area contributed by atoms with Crippen molar-refractivity contribution in [1.82, 2.24) is 25.3 Å². The van der Waals surface area contributed by atoms with Crippen LogP contribution in [0.4, 0.5) is 0 Å². The minimum atomic E-state index is -0.0633. The van der Waals surface area contributed by atoms with Gasteiger partial charge < -0.3 is 8.94 Å². The lowest BCUT2D eigenvalue weighted by Gasteiger charge is -2.01. The summed E-state index contributed by atoms with van der Waals surface area (Å²) in [4.78, 5) is 10.1. The van der Waals surface area contributed by atoms with Crippen molar-refractivity contribution in [2.24, 2.45) is 0 Å². The molecule has 0 unspecified atom stereocenters. The maximum absolute atomic E-state index is 5.31. The highest BCUT2D eigenvalue weighted by molar-refractivity contribution is 7.99. The van der Waals surface area contributed by atoms with Crippen molar-refractivity contribution in [3.8, 4) is 11.6 Å². The zero-order chi connectivity index (χ0) is 16.4. The Morgan fingerprint density at radius 3 is 3.04 bits per heavy atom. The summed E-state index contributed by atoms with van der Waals surface area (Å²) in [5, 5.41) is 13.8. The molecule has 0 amide bonds. The second-order valence-corrected chi connectivity index (χ2v) is 7.35. The molecule has 4 aromatic heterocycles. The first-order chi connectivity index (χ1) is 11.8. The van der Waals surface area contributed by atoms with Gasteiger partial charge in [0.1, 0.15) is 5.82 Å². The van der Waals surface area contributed by atoms with Gasteiger partial charge in [0.15, 0.2) is 5.76 Å². The van der Waals surface area contributed by atoms with Crippen LogP contribution in [0.25, 0.3) is 11.6 Å². The van der Waals surface area contributed by atoms with Crippen molar-refractivity contribution in [2.75, 3.05) is 0 Å². The van der Waals surface area contributed by atoms with E-state index in [0.29, 0.717) is 22.6 Å². The van der Waals surface area contributed by atoms with Crippen LogP contribution in [0.5, 0.6) is 0 Å². The van der Waals surface area contributed by atoms with E-state index in [-0.39, 0.29) is 5.25 Å². The minimum absolute atomic E-state index is 0.0633. The molecule has 1 N–H and O–H groups in total. The fourth-order valence-corrected chi connectivity index (χ4v) is 3.59. The Labute approximate surface area is 145 Å². The van der Waals surface area contributed by atoms with Crippen molar-refractivity contribution < 1.29 is 8.94 Å². The lowest BCUT2D eigenvalue weighted by Crippen LogP contribution is -1.90. The van der Waals surface area contributed by atoms with Gasteiger partial charge in [0.05, 0.1) is 11.5 Å². The Bertz CT molecular complexity index is 898. The van der Waals surface area contributed by atoms with Gasteiger partial charge in [0, 0.05) is 11.3 Å². The third-order valence-electron chi connectivity index (χ3n) is 3.25. The summed E-state index contributed by atoms with van der Waals surface area (Å²) in [7, 11) is 0. The average molecular weight is 359 g/mol. The van der Waals surface area contributed by atoms with Crippen molar-refractivity contribution in [3.05, 3.63) is 52.5 Å². The minimum Gasteiger partial charge on any atom is -0.461 e. The number of nitrogens with zero attached hydrogens (tertiary/aromatic N) is 4. The molecular formula is C15H13N5O2S2. The van der Waals surface area contributed by atoms with Gasteiger partial charge in [-0.15, -0.1) is 16.4 Å². The van der Waals surface area contributed by atoms with Crippen LogP contribution in [-0.2, 0) is 6.42 Å². The summed E-state index contributed by atoms with van der Waals surface area (Å²) < 4.78 is 10.6. The number of hydrogen-bond acceptors (Lipinski definition) is 8. The van der Waals surface area contributed by atoms with E-state index in [4.69, 9.17) is 8.94 Å². The first-order valence-electron chi connectivity index (χ1n) is 7.26. The van der Waals surface area contributed by atoms with Crippen LogP contribution in [0.1, 0.15) is 28.8 Å². The monoisotopic (exact) mass is 359 g/mol. The smallest absolute Gasteiger partial charge is 0.240 e. The van der Waals surface area contributed by atoms with E-state index in [2.05, 4.69) is 36.8 Å². The Morgan fingerprint density at radius 1 is 1.29 bits per heavy atom. The molecule has 0 aliphatic heterocycles. The fraction of sp³-hybridized carbons (Fsp3) is 0.200. The summed E-state index contributed by atoms with van der Waals surface area (Å²) >= 11 is 3.17. The Morgan fingerprint density at radius 2 is 2.25 bits per heavy atom. The Balaban J connectivity index is 1.42. The summed E-state index contributed by atoms with van der Waals surface area (Å²) in [5.41, 5.74) is 0. The van der Waals surface area contributed by atoms with E-state index in [0.717, 1.165) is 12.2 Å². The number of thiophene rings is 1. The topological polar surface area (TPSA) is 93.6 Å². The van der Waals surface area contributed by atoms with E-state index in [1.807, 2.05) is 13.0 Å². The predicted molar refractivity (Wildman–Crippen MR) is 89.8 cm³/mol. The molecule has 122 valence electrons. The van der Waals surface area contributed by atoms with Gasteiger partial charge >= 0.3 is 0 Å². The molecule has 0 saturated carbocycles. The highest BCUT2D eigenvalue weighted by Gasteiger charge is 2.19. The lowest BCUT2D eigenvalue weighted by atomic mass is 10.3. The number of aromatic amines is 1. The van der Waals surface area contributed by atoms with E-state index in [9.17, 15) is 0 Å². The first kappa shape index (κ1) is 15.2. The zero-order valence-corrected chi connectivity index (χ0v) is 14.3. The zero-order valence-electron chi connectivity index (χ0n) is 12.7. The van der Waals surface area contributed by atoms with Crippen LogP contribution >= 0.6 is 23.1 Å². The van der Waals surface area contributed by atoms with Crippen LogP contribution < -0.4 is 0 Å². The average Bonchev–Trinajstić information content (AvgIpc) is 3.36. The molecule has 7 nitrogen and oxygen atoms in total. The van der Waals surface area contributed by atoms with Gasteiger partial charge in [-0.3, -0.25) is 5.10 Å². The molecule has 4 heterocycles. The largest absolute Gasteiger partial charge is 0.461 e. The van der Waals surface area contributed by atoms with Crippen molar-refractivity contribution in [2.45, 2.75) is 23.8 Å². The van der Waals surface area contributed by atoms with E-state index < -0.39 is 0 Å². The SMILES string of the molecule is C[C@@H](Sc1n[nH]c(Cc2cccs2)n1)c1nc(-c2ccco2)no1. The quantitative estimate of drug-likeness (QED) is 0.521. The lowest BCUT2D eigenvalue weighted by molar-refractivity contribution is 0.379. The molecule has 0 saturated heterocycles. The molecule has 0 aromatic carbocycles. The molecule has 4 rings (SSSR count). The van der Waals surface area contributed by atoms with Gasteiger partial charge in [-0.2, -0.15) is 4.98 Å². The Kier molecular flexibility index (Phi) is 4.18. The summed E-state index contributed by atoms with van der Waals surface area (Å²) in [5.74, 6) is 2.37. The standard InChI is InChI=1S/C15H13N5O2S2/c1-9(14-17-13(20-22-14)11-5-2-6-21-11)24-15-16-12(18-19-15)8-10-4-3-7-23-10/h2-7,9H,8H2,1H3,(H,16,18,19)/t9-/m1/s1. The van der Waals surface area contributed by atoms with E-state index in [1.54, 1.807) is 29.7 Å². The number of nitrogens with one attached hydrogen (secondary N) is 1. The Hall–Kier alpha value is -2.39. The molecule has 0 spiro atoms. The molecule has 24 heavy (non-hydrogen) atoms. The molecule has 1 atom stereocenters. The molecule has 0 aliphatic carbocycles. The van der Waals surface area contributed by atoms with Crippen molar-refractivity contribution in [1.29, 1.82) is 0 Å². The highest BCUT2D eigenvalue weighted by atomic mass is 32.2. The molecule has 4 aromatic rings. The van der Waals surface area contributed by atoms with Crippen LogP contribution in [0.3, 0.4) is 0 Å². The summed E-state index contributed by atoms with van der Waals surface area (Å²) in [6.45, 7) is 1.97. The van der Waals surface area contributed by atoms with E-state index in [1.165, 1.54) is 16.6 Å². The van der Waals surface area contributed by atoms with Crippen molar-refractivity contribution in [3.63, 3.8) is 0 Å². The van der Waals surface area contributed by atoms with Gasteiger partial charge in [0.2, 0.25) is 16.9 Å². The molecule has 9 heteroatoms. The number of rotatable bonds is 6. The second-order valence-electron chi connectivity index (χ2n) is 5.01. The normalized spacial score (nSPS) is 12.5. The van der Waals surface area contributed by atoms with Gasteiger partial charge in [-0.25, -0.2) is 4.98 Å². The summed E-state index contributed by atoms with van der Waals surface area (Å²) in [6, 6.07) is 7.68. The van der Waals surface area contributed by atoms with Crippen molar-refractivity contribution >= 4 is 23.1 Å². The molecule has 0 fully saturated rings. The highest BCUT2D eigenvalue weighted by Crippen LogP contribution is 2.32. The number of furan rings is 1. The number of aromatic nitrogens is 5. The molecule has 0 aliphatic rings. The van der Waals surface area contributed by atoms with Crippen LogP contribution in [0.15, 0.2) is 50.0 Å². The van der Waals surface area contributed by atoms with Crippen LogP contribution in [0, 0.1) is 0 Å². The van der Waals surface area contributed by atoms with Gasteiger partial charge in [0.25, 0.3) is 0 Å². The fourth-order valence-electron chi connectivity index (χ4n) is 2.10. The second kappa shape index (κ2) is 6.62. The third-order valence-corrected chi connectivity index (χ3v) is 5.07. The van der Waals surface area contributed by atoms with Gasteiger partial charge in [-0.1, -0.05) is 23.0 Å². The number of hydrogen-bond donors (Lipinski definition) is 1. The molecular weight excluding hydrogens is 346 g/mol.